The molecule has 10 aromatic carbocycles. The quantitative estimate of drug-likeness (QED) is 0.159. The molecule has 0 saturated heterocycles. The van der Waals surface area contributed by atoms with Crippen LogP contribution in [0.25, 0.3) is 111 Å². The van der Waals surface area contributed by atoms with Crippen molar-refractivity contribution >= 4 is 43.1 Å². The lowest BCUT2D eigenvalue weighted by molar-refractivity contribution is 1.08. The van der Waals surface area contributed by atoms with E-state index in [0.29, 0.717) is 17.2 Å². The van der Waals surface area contributed by atoms with Gasteiger partial charge in [0.25, 0.3) is 0 Å². The van der Waals surface area contributed by atoms with Crippen LogP contribution < -0.4 is 0 Å². The third-order valence-corrected chi connectivity index (χ3v) is 11.0. The zero-order valence-corrected chi connectivity index (χ0v) is 31.2. The number of hydrogen-bond acceptors (Lipinski definition) is 3. The zero-order chi connectivity index (χ0) is 41.9. The minimum absolute atomic E-state index is 0.0748. The smallest absolute Gasteiger partial charge is 0.164 e. The van der Waals surface area contributed by atoms with Gasteiger partial charge in [-0.05, 0) is 107 Å². The van der Waals surface area contributed by atoms with E-state index in [0.717, 1.165) is 65.7 Å². The molecule has 0 aliphatic heterocycles. The van der Waals surface area contributed by atoms with Crippen molar-refractivity contribution in [3.05, 3.63) is 212 Å². The average Bonchev–Trinajstić information content (AvgIpc) is 3.33. The minimum Gasteiger partial charge on any atom is -0.208 e. The van der Waals surface area contributed by atoms with Crippen LogP contribution in [0.2, 0.25) is 0 Å². The van der Waals surface area contributed by atoms with Crippen LogP contribution >= 0.6 is 0 Å². The first-order chi connectivity index (χ1) is 30.4. The lowest BCUT2D eigenvalue weighted by atomic mass is 9.94. The van der Waals surface area contributed by atoms with Gasteiger partial charge < -0.3 is 0 Å². The van der Waals surface area contributed by atoms with E-state index in [2.05, 4.69) is 103 Å². The van der Waals surface area contributed by atoms with E-state index in [1.165, 1.54) is 10.8 Å². The molecular weight excluding hydrogens is 703 g/mol. The van der Waals surface area contributed by atoms with E-state index in [4.69, 9.17) is 17.7 Å². The van der Waals surface area contributed by atoms with E-state index < -0.39 is 0 Å². The minimum atomic E-state index is -0.300. The Bertz CT molecular complexity index is 3570. The number of benzene rings is 10. The Morgan fingerprint density at radius 3 is 1.66 bits per heavy atom. The van der Waals surface area contributed by atoms with Crippen LogP contribution in [0.4, 0.5) is 0 Å². The van der Waals surface area contributed by atoms with Gasteiger partial charge in [0.2, 0.25) is 0 Å². The maximum atomic E-state index is 9.69. The molecule has 11 rings (SSSR count). The molecule has 0 amide bonds. The Kier molecular flexibility index (Phi) is 7.17. The molecule has 1 heterocycles. The van der Waals surface area contributed by atoms with Gasteiger partial charge >= 0.3 is 0 Å². The first-order valence-electron chi connectivity index (χ1n) is 21.4. The molecule has 0 unspecified atom stereocenters. The Hall–Kier alpha value is -7.75. The third kappa shape index (κ3) is 6.07. The molecule has 11 aromatic rings. The lowest BCUT2D eigenvalue weighted by Gasteiger charge is -2.14. The number of rotatable bonds is 6. The predicted molar refractivity (Wildman–Crippen MR) is 242 cm³/mol. The van der Waals surface area contributed by atoms with Crippen molar-refractivity contribution in [2.45, 2.75) is 0 Å². The predicted octanol–water partition coefficient (Wildman–Crippen LogP) is 14.5. The molecule has 0 spiro atoms. The zero-order valence-electron chi connectivity index (χ0n) is 35.2. The Balaban J connectivity index is 1.08. The topological polar surface area (TPSA) is 38.7 Å². The van der Waals surface area contributed by atoms with Crippen LogP contribution in [0.15, 0.2) is 212 Å². The fourth-order valence-electron chi connectivity index (χ4n) is 8.07. The van der Waals surface area contributed by atoms with E-state index in [1.807, 2.05) is 84.9 Å². The molecule has 0 N–H and O–H groups in total. The second-order valence-corrected chi connectivity index (χ2v) is 14.5. The van der Waals surface area contributed by atoms with Gasteiger partial charge in [0.15, 0.2) is 17.5 Å². The summed E-state index contributed by atoms with van der Waals surface area (Å²) in [4.78, 5) is 15.0. The van der Waals surface area contributed by atoms with Crippen molar-refractivity contribution in [2.24, 2.45) is 0 Å². The number of aromatic nitrogens is 3. The standard InChI is InChI=1S/C55H35N3/c1-3-13-36(14-4-1)43-28-30-45-35-52(50-23-10-9-22-49(50)51(45)34-43)55-57-53(38-16-5-2-6-17-38)56-54(58-55)46-20-11-19-39(33-46)40-25-26-42-32-44(29-27-41(42)31-40)48-24-12-18-37-15-7-8-21-47(37)48/h1-35H/i11D,19D,20D,33D. The molecule has 0 aliphatic rings. The van der Waals surface area contributed by atoms with Crippen molar-refractivity contribution in [3.63, 3.8) is 0 Å². The first kappa shape index (κ1) is 29.5. The van der Waals surface area contributed by atoms with E-state index in [1.54, 1.807) is 0 Å². The highest BCUT2D eigenvalue weighted by atomic mass is 15.0. The molecule has 1 aromatic heterocycles. The van der Waals surface area contributed by atoms with E-state index in [-0.39, 0.29) is 41.1 Å². The molecular formula is C55H35N3. The van der Waals surface area contributed by atoms with Crippen molar-refractivity contribution in [3.8, 4) is 67.5 Å². The number of fused-ring (bicyclic) bond motifs is 5. The summed E-state index contributed by atoms with van der Waals surface area (Å²) in [5, 5.41) is 8.39. The summed E-state index contributed by atoms with van der Waals surface area (Å²) < 4.78 is 37.1. The van der Waals surface area contributed by atoms with Gasteiger partial charge in [-0.1, -0.05) is 182 Å². The van der Waals surface area contributed by atoms with Crippen LogP contribution in [-0.2, 0) is 0 Å². The van der Waals surface area contributed by atoms with Gasteiger partial charge in [-0.2, -0.15) is 0 Å². The molecule has 0 atom stereocenters. The van der Waals surface area contributed by atoms with Crippen LogP contribution in [-0.4, -0.2) is 15.0 Å². The second-order valence-electron chi connectivity index (χ2n) is 14.5. The SMILES string of the molecule is [2H]c1c([2H])c(-c2ccc3cc(-c4cccc5ccccc45)ccc3c2)c([2H])c(-c2nc(-c3ccccc3)nc(-c3cc4ccc(-c5ccccc5)cc4c4ccccc34)n2)c1[2H]. The normalized spacial score (nSPS) is 12.4. The van der Waals surface area contributed by atoms with Gasteiger partial charge in [-0.3, -0.25) is 0 Å². The van der Waals surface area contributed by atoms with Gasteiger partial charge in [-0.25, -0.2) is 15.0 Å². The first-order valence-corrected chi connectivity index (χ1v) is 19.4. The van der Waals surface area contributed by atoms with Crippen molar-refractivity contribution in [1.29, 1.82) is 0 Å². The fourth-order valence-corrected chi connectivity index (χ4v) is 8.07. The van der Waals surface area contributed by atoms with E-state index in [9.17, 15) is 2.74 Å². The average molecular weight is 742 g/mol. The summed E-state index contributed by atoms with van der Waals surface area (Å²) in [5.41, 5.74) is 6.94. The Morgan fingerprint density at radius 2 is 0.862 bits per heavy atom. The molecule has 0 aliphatic carbocycles. The highest BCUT2D eigenvalue weighted by Gasteiger charge is 2.17. The monoisotopic (exact) mass is 741 g/mol. The maximum absolute atomic E-state index is 9.69. The summed E-state index contributed by atoms with van der Waals surface area (Å²) in [6.07, 6.45) is 0. The van der Waals surface area contributed by atoms with Crippen molar-refractivity contribution < 1.29 is 5.48 Å². The van der Waals surface area contributed by atoms with Gasteiger partial charge in [0.1, 0.15) is 0 Å². The van der Waals surface area contributed by atoms with Crippen molar-refractivity contribution in [1.82, 2.24) is 15.0 Å². The molecule has 0 saturated carbocycles. The summed E-state index contributed by atoms with van der Waals surface area (Å²) in [5.74, 6) is 0.861. The number of hydrogen-bond donors (Lipinski definition) is 0. The number of nitrogens with zero attached hydrogens (tertiary/aromatic N) is 3. The lowest BCUT2D eigenvalue weighted by Crippen LogP contribution is -2.01. The molecule has 3 nitrogen and oxygen atoms in total. The highest BCUT2D eigenvalue weighted by Crippen LogP contribution is 2.38. The fraction of sp³-hybridized carbons (Fsp3) is 0. The largest absolute Gasteiger partial charge is 0.208 e. The van der Waals surface area contributed by atoms with Gasteiger partial charge in [-0.15, -0.1) is 0 Å². The summed E-state index contributed by atoms with van der Waals surface area (Å²) in [6.45, 7) is 0. The molecule has 270 valence electrons. The second kappa shape index (κ2) is 14.1. The molecule has 0 radical (unpaired) electrons. The summed E-state index contributed by atoms with van der Waals surface area (Å²) in [7, 11) is 0. The maximum Gasteiger partial charge on any atom is 0.164 e. The molecule has 0 fully saturated rings. The van der Waals surface area contributed by atoms with Crippen LogP contribution in [0.5, 0.6) is 0 Å². The van der Waals surface area contributed by atoms with Crippen LogP contribution in [0.3, 0.4) is 0 Å². The molecule has 3 heteroatoms. The van der Waals surface area contributed by atoms with Gasteiger partial charge in [0, 0.05) is 16.7 Å². The Morgan fingerprint density at radius 1 is 0.293 bits per heavy atom. The van der Waals surface area contributed by atoms with Crippen molar-refractivity contribution in [2.75, 3.05) is 0 Å². The van der Waals surface area contributed by atoms with Crippen LogP contribution in [0.1, 0.15) is 5.48 Å². The summed E-state index contributed by atoms with van der Waals surface area (Å²) in [6, 6.07) is 62.7. The van der Waals surface area contributed by atoms with E-state index >= 15 is 0 Å². The van der Waals surface area contributed by atoms with Crippen LogP contribution in [0, 0.1) is 0 Å². The Labute approximate surface area is 342 Å². The third-order valence-electron chi connectivity index (χ3n) is 11.0. The molecule has 0 bridgehead atoms. The van der Waals surface area contributed by atoms with Gasteiger partial charge in [0.05, 0.1) is 5.48 Å². The molecule has 58 heavy (non-hydrogen) atoms. The summed E-state index contributed by atoms with van der Waals surface area (Å²) >= 11 is 0. The highest BCUT2D eigenvalue weighted by molar-refractivity contribution is 6.14.